The smallest absolute Gasteiger partial charge is 0.317 e. The van der Waals surface area contributed by atoms with Crippen molar-refractivity contribution in [1.29, 1.82) is 0 Å². The third-order valence-corrected chi connectivity index (χ3v) is 7.61. The van der Waals surface area contributed by atoms with Crippen LogP contribution in [0.15, 0.2) is 48.5 Å². The van der Waals surface area contributed by atoms with Crippen LogP contribution in [0.4, 0.5) is 4.39 Å². The fourth-order valence-electron chi connectivity index (χ4n) is 5.52. The number of aromatic nitrogens is 2. The zero-order valence-electron chi connectivity index (χ0n) is 20.7. The van der Waals surface area contributed by atoms with Gasteiger partial charge in [0.1, 0.15) is 5.82 Å². The third kappa shape index (κ3) is 6.02. The molecule has 0 unspecified atom stereocenters. The summed E-state index contributed by atoms with van der Waals surface area (Å²) in [4.78, 5) is 13.1. The van der Waals surface area contributed by atoms with Gasteiger partial charge in [-0.05, 0) is 93.5 Å². The molecular formula is C29H35FN4O2. The molecule has 2 aliphatic heterocycles. The molecule has 2 aromatic carbocycles. The van der Waals surface area contributed by atoms with Crippen molar-refractivity contribution in [2.24, 2.45) is 5.92 Å². The highest BCUT2D eigenvalue weighted by Gasteiger charge is 2.26. The maximum Gasteiger partial charge on any atom is 0.317 e. The van der Waals surface area contributed by atoms with Crippen LogP contribution in [0.25, 0.3) is 17.0 Å². The van der Waals surface area contributed by atoms with E-state index in [4.69, 9.17) is 10.2 Å². The van der Waals surface area contributed by atoms with Crippen molar-refractivity contribution in [3.63, 3.8) is 0 Å². The summed E-state index contributed by atoms with van der Waals surface area (Å²) in [6.45, 7) is 4.54. The maximum atomic E-state index is 13.4. The fourth-order valence-corrected chi connectivity index (χ4v) is 5.52. The fraction of sp³-hybridized carbons (Fsp3) is 0.448. The summed E-state index contributed by atoms with van der Waals surface area (Å²) < 4.78 is 15.5. The van der Waals surface area contributed by atoms with Gasteiger partial charge in [-0.2, -0.15) is 5.10 Å². The first-order valence-corrected chi connectivity index (χ1v) is 13.1. The van der Waals surface area contributed by atoms with Crippen LogP contribution in [0, 0.1) is 11.7 Å². The molecule has 0 bridgehead atoms. The molecule has 2 saturated heterocycles. The normalized spacial score (nSPS) is 18.4. The standard InChI is InChI=1S/C29H35FN4O2/c30-25-6-3-21(4-7-25)11-18-34-27-19-23(2-1-22-9-14-31-15-10-22)5-8-26(27)29(32-34)24-12-16-33(17-13-24)20-28(35)36/h1-8,19,22,24,31H,9-18,20H2,(H,35,36). The molecule has 7 heteroatoms. The number of likely N-dealkylation sites (tertiary alicyclic amines) is 1. The second kappa shape index (κ2) is 11.4. The van der Waals surface area contributed by atoms with Gasteiger partial charge in [0.05, 0.1) is 17.8 Å². The molecular weight excluding hydrogens is 455 g/mol. The minimum absolute atomic E-state index is 0.104. The van der Waals surface area contributed by atoms with E-state index < -0.39 is 5.97 Å². The predicted octanol–water partition coefficient (Wildman–Crippen LogP) is 4.69. The average Bonchev–Trinajstić information content (AvgIpc) is 3.26. The van der Waals surface area contributed by atoms with Gasteiger partial charge in [0.2, 0.25) is 0 Å². The highest BCUT2D eigenvalue weighted by Crippen LogP contribution is 2.33. The number of fused-ring (bicyclic) bond motifs is 1. The number of rotatable bonds is 8. The number of carbonyl (C=O) groups is 1. The highest BCUT2D eigenvalue weighted by atomic mass is 19.1. The van der Waals surface area contributed by atoms with Crippen molar-refractivity contribution < 1.29 is 14.3 Å². The van der Waals surface area contributed by atoms with E-state index in [-0.39, 0.29) is 12.4 Å². The minimum Gasteiger partial charge on any atom is -0.480 e. The zero-order chi connectivity index (χ0) is 24.9. The van der Waals surface area contributed by atoms with Gasteiger partial charge in [-0.3, -0.25) is 14.4 Å². The molecule has 3 aromatic rings. The minimum atomic E-state index is -0.769. The molecule has 6 nitrogen and oxygen atoms in total. The van der Waals surface area contributed by atoms with Crippen molar-refractivity contribution in [1.82, 2.24) is 20.0 Å². The van der Waals surface area contributed by atoms with Gasteiger partial charge in [-0.15, -0.1) is 0 Å². The number of carboxylic acid groups (broad SMARTS) is 1. The van der Waals surface area contributed by atoms with Crippen molar-refractivity contribution in [3.05, 3.63) is 71.2 Å². The number of carboxylic acids is 1. The van der Waals surface area contributed by atoms with Gasteiger partial charge in [0.15, 0.2) is 0 Å². The number of hydrogen-bond donors (Lipinski definition) is 2. The summed E-state index contributed by atoms with van der Waals surface area (Å²) in [6.07, 6.45) is 9.56. The van der Waals surface area contributed by atoms with Crippen LogP contribution >= 0.6 is 0 Å². The molecule has 1 aromatic heterocycles. The molecule has 36 heavy (non-hydrogen) atoms. The van der Waals surface area contributed by atoms with E-state index in [2.05, 4.69) is 40.3 Å². The molecule has 0 aliphatic carbocycles. The Hall–Kier alpha value is -3.03. The SMILES string of the molecule is O=C(O)CN1CCC(c2nn(CCc3ccc(F)cc3)c3cc(C=CC4CCNCC4)ccc23)CC1. The lowest BCUT2D eigenvalue weighted by atomic mass is 9.91. The Kier molecular flexibility index (Phi) is 7.78. The predicted molar refractivity (Wildman–Crippen MR) is 141 cm³/mol. The van der Waals surface area contributed by atoms with Crippen molar-refractivity contribution in [2.45, 2.75) is 44.6 Å². The number of nitrogens with one attached hydrogen (secondary N) is 1. The Morgan fingerprint density at radius 3 is 2.56 bits per heavy atom. The Morgan fingerprint density at radius 2 is 1.83 bits per heavy atom. The molecule has 2 aliphatic rings. The van der Waals surface area contributed by atoms with E-state index in [1.165, 1.54) is 35.9 Å². The van der Waals surface area contributed by atoms with Gasteiger partial charge in [-0.1, -0.05) is 36.4 Å². The Morgan fingerprint density at radius 1 is 1.08 bits per heavy atom. The van der Waals surface area contributed by atoms with E-state index in [0.29, 0.717) is 11.8 Å². The summed E-state index contributed by atoms with van der Waals surface area (Å²) in [5, 5.41) is 18.8. The molecule has 2 fully saturated rings. The summed E-state index contributed by atoms with van der Waals surface area (Å²) in [7, 11) is 0. The largest absolute Gasteiger partial charge is 0.480 e. The van der Waals surface area contributed by atoms with Gasteiger partial charge >= 0.3 is 5.97 Å². The Bertz CT molecular complexity index is 1210. The second-order valence-corrected chi connectivity index (χ2v) is 10.2. The van der Waals surface area contributed by atoms with Crippen LogP contribution in [0.2, 0.25) is 0 Å². The molecule has 3 heterocycles. The van der Waals surface area contributed by atoms with E-state index in [0.717, 1.165) is 68.8 Å². The lowest BCUT2D eigenvalue weighted by Crippen LogP contribution is -2.36. The number of piperidine rings is 2. The second-order valence-electron chi connectivity index (χ2n) is 10.2. The number of allylic oxidation sites excluding steroid dienone is 1. The molecule has 0 amide bonds. The van der Waals surface area contributed by atoms with E-state index in [9.17, 15) is 9.18 Å². The maximum absolute atomic E-state index is 13.4. The first-order valence-electron chi connectivity index (χ1n) is 13.1. The summed E-state index contributed by atoms with van der Waals surface area (Å²) >= 11 is 0. The monoisotopic (exact) mass is 490 g/mol. The van der Waals surface area contributed by atoms with Gasteiger partial charge in [-0.25, -0.2) is 4.39 Å². The molecule has 5 rings (SSSR count). The molecule has 0 radical (unpaired) electrons. The van der Waals surface area contributed by atoms with Gasteiger partial charge < -0.3 is 10.4 Å². The quantitative estimate of drug-likeness (QED) is 0.479. The summed E-state index contributed by atoms with van der Waals surface area (Å²) in [6, 6.07) is 13.3. The molecule has 0 atom stereocenters. The first-order chi connectivity index (χ1) is 17.5. The molecule has 2 N–H and O–H groups in total. The van der Waals surface area contributed by atoms with Crippen molar-refractivity contribution in [3.8, 4) is 0 Å². The van der Waals surface area contributed by atoms with E-state index in [1.807, 2.05) is 17.0 Å². The number of aliphatic carboxylic acids is 1. The van der Waals surface area contributed by atoms with E-state index in [1.54, 1.807) is 0 Å². The topological polar surface area (TPSA) is 70.4 Å². The Balaban J connectivity index is 1.39. The third-order valence-electron chi connectivity index (χ3n) is 7.61. The number of halogens is 1. The number of benzene rings is 2. The lowest BCUT2D eigenvalue weighted by molar-refractivity contribution is -0.138. The lowest BCUT2D eigenvalue weighted by Gasteiger charge is -2.30. The van der Waals surface area contributed by atoms with Gasteiger partial charge in [0, 0.05) is 17.8 Å². The van der Waals surface area contributed by atoms with Crippen LogP contribution in [0.5, 0.6) is 0 Å². The molecule has 190 valence electrons. The van der Waals surface area contributed by atoms with Crippen molar-refractivity contribution in [2.75, 3.05) is 32.7 Å². The van der Waals surface area contributed by atoms with Crippen LogP contribution < -0.4 is 5.32 Å². The summed E-state index contributed by atoms with van der Waals surface area (Å²) in [5.74, 6) is -0.0448. The van der Waals surface area contributed by atoms with Crippen molar-refractivity contribution >= 4 is 22.9 Å². The highest BCUT2D eigenvalue weighted by molar-refractivity contribution is 5.85. The zero-order valence-corrected chi connectivity index (χ0v) is 20.7. The Labute approximate surface area is 211 Å². The van der Waals surface area contributed by atoms with E-state index >= 15 is 0 Å². The number of nitrogens with zero attached hydrogens (tertiary/aromatic N) is 3. The van der Waals surface area contributed by atoms with Gasteiger partial charge in [0.25, 0.3) is 0 Å². The molecule has 0 saturated carbocycles. The van der Waals surface area contributed by atoms with Crippen LogP contribution in [0.1, 0.15) is 48.4 Å². The first kappa shape index (κ1) is 24.7. The van der Waals surface area contributed by atoms with Crippen LogP contribution in [-0.4, -0.2) is 58.5 Å². The van der Waals surface area contributed by atoms with Crippen LogP contribution in [-0.2, 0) is 17.8 Å². The average molecular weight is 491 g/mol. The summed E-state index contributed by atoms with van der Waals surface area (Å²) in [5.41, 5.74) is 4.53. The van der Waals surface area contributed by atoms with Crippen LogP contribution in [0.3, 0.4) is 0 Å². The molecule has 0 spiro atoms. The number of aryl methyl sites for hydroxylation is 2. The number of hydrogen-bond acceptors (Lipinski definition) is 4.